The van der Waals surface area contributed by atoms with E-state index in [0.29, 0.717) is 12.8 Å². The van der Waals surface area contributed by atoms with E-state index >= 15 is 0 Å². The highest BCUT2D eigenvalue weighted by molar-refractivity contribution is 7.89. The summed E-state index contributed by atoms with van der Waals surface area (Å²) in [7, 11) is -3.76. The molecule has 8 heteroatoms. The number of nitrogens with one attached hydrogen (secondary N) is 1. The van der Waals surface area contributed by atoms with Crippen LogP contribution in [0.2, 0.25) is 10.0 Å². The van der Waals surface area contributed by atoms with Gasteiger partial charge in [-0.2, -0.15) is 4.31 Å². The Labute approximate surface area is 153 Å². The lowest BCUT2D eigenvalue weighted by Gasteiger charge is -2.31. The third-order valence-corrected chi connectivity index (χ3v) is 7.20. The molecule has 134 valence electrons. The highest BCUT2D eigenvalue weighted by Gasteiger charge is 2.34. The summed E-state index contributed by atoms with van der Waals surface area (Å²) in [5.41, 5.74) is 0. The lowest BCUT2D eigenvalue weighted by atomic mass is 9.97. The Bertz CT molecular complexity index is 681. The van der Waals surface area contributed by atoms with Gasteiger partial charge in [0.05, 0.1) is 10.0 Å². The van der Waals surface area contributed by atoms with Crippen LogP contribution in [0.1, 0.15) is 33.1 Å². The van der Waals surface area contributed by atoms with Crippen molar-refractivity contribution < 1.29 is 13.2 Å². The van der Waals surface area contributed by atoms with Gasteiger partial charge in [0.2, 0.25) is 15.9 Å². The lowest BCUT2D eigenvalue weighted by molar-refractivity contribution is -0.126. The molecule has 0 aromatic heterocycles. The van der Waals surface area contributed by atoms with E-state index in [1.165, 1.54) is 16.4 Å². The summed E-state index contributed by atoms with van der Waals surface area (Å²) in [5.74, 6) is -0.163. The molecule has 0 bridgehead atoms. The quantitative estimate of drug-likeness (QED) is 0.835. The summed E-state index contributed by atoms with van der Waals surface area (Å²) in [4.78, 5) is 12.1. The monoisotopic (exact) mass is 392 g/mol. The van der Waals surface area contributed by atoms with E-state index < -0.39 is 10.0 Å². The lowest BCUT2D eigenvalue weighted by Crippen LogP contribution is -2.44. The average molecular weight is 393 g/mol. The van der Waals surface area contributed by atoms with Crippen LogP contribution in [0.15, 0.2) is 23.1 Å². The first-order valence-corrected chi connectivity index (χ1v) is 10.2. The number of piperidine rings is 1. The standard InChI is InChI=1S/C16H22Cl2N2O3S/c1-3-11(2)19-16(21)12-7-9-20(10-8-12)24(22,23)15-13(17)5-4-6-14(15)18/h4-6,11-12H,3,7-10H2,1-2H3,(H,19,21). The smallest absolute Gasteiger partial charge is 0.246 e. The van der Waals surface area contributed by atoms with Crippen molar-refractivity contribution in [1.29, 1.82) is 0 Å². The van der Waals surface area contributed by atoms with Crippen molar-refractivity contribution in [2.75, 3.05) is 13.1 Å². The first-order chi connectivity index (χ1) is 11.3. The Kier molecular flexibility index (Phi) is 6.53. The van der Waals surface area contributed by atoms with Gasteiger partial charge in [-0.3, -0.25) is 4.79 Å². The molecular weight excluding hydrogens is 371 g/mol. The minimum absolute atomic E-state index is 0.00262. The summed E-state index contributed by atoms with van der Waals surface area (Å²) < 4.78 is 26.9. The highest BCUT2D eigenvalue weighted by atomic mass is 35.5. The molecule has 0 saturated carbocycles. The molecule has 1 heterocycles. The predicted octanol–water partition coefficient (Wildman–Crippen LogP) is 3.31. The van der Waals surface area contributed by atoms with Gasteiger partial charge in [-0.1, -0.05) is 36.2 Å². The van der Waals surface area contributed by atoms with Crippen molar-refractivity contribution >= 4 is 39.1 Å². The molecule has 1 saturated heterocycles. The van der Waals surface area contributed by atoms with Crippen LogP contribution in [0.3, 0.4) is 0 Å². The van der Waals surface area contributed by atoms with E-state index in [-0.39, 0.29) is 45.9 Å². The SMILES string of the molecule is CCC(C)NC(=O)C1CCN(S(=O)(=O)c2c(Cl)cccc2Cl)CC1. The van der Waals surface area contributed by atoms with Gasteiger partial charge in [-0.25, -0.2) is 8.42 Å². The number of hydrogen-bond donors (Lipinski definition) is 1. The first-order valence-electron chi connectivity index (χ1n) is 8.02. The molecule has 0 aliphatic carbocycles. The van der Waals surface area contributed by atoms with E-state index in [4.69, 9.17) is 23.2 Å². The minimum atomic E-state index is -3.76. The Morgan fingerprint density at radius 3 is 2.33 bits per heavy atom. The zero-order valence-electron chi connectivity index (χ0n) is 13.8. The fourth-order valence-corrected chi connectivity index (χ4v) is 5.24. The van der Waals surface area contributed by atoms with Gasteiger partial charge >= 0.3 is 0 Å². The fourth-order valence-electron chi connectivity index (χ4n) is 2.68. The Morgan fingerprint density at radius 1 is 1.29 bits per heavy atom. The summed E-state index contributed by atoms with van der Waals surface area (Å²) in [6.07, 6.45) is 1.84. The van der Waals surface area contributed by atoms with Crippen LogP contribution in [0, 0.1) is 5.92 Å². The predicted molar refractivity (Wildman–Crippen MR) is 95.8 cm³/mol. The molecule has 24 heavy (non-hydrogen) atoms. The van der Waals surface area contributed by atoms with Crippen LogP contribution in [0.5, 0.6) is 0 Å². The second-order valence-electron chi connectivity index (χ2n) is 6.05. The Morgan fingerprint density at radius 2 is 1.83 bits per heavy atom. The number of nitrogens with zero attached hydrogens (tertiary/aromatic N) is 1. The molecule has 1 fully saturated rings. The van der Waals surface area contributed by atoms with Crippen molar-refractivity contribution in [3.8, 4) is 0 Å². The Balaban J connectivity index is 2.08. The normalized spacial score (nSPS) is 18.3. The van der Waals surface area contributed by atoms with E-state index in [0.717, 1.165) is 6.42 Å². The number of carbonyl (C=O) groups excluding carboxylic acids is 1. The van der Waals surface area contributed by atoms with E-state index in [1.807, 2.05) is 13.8 Å². The summed E-state index contributed by atoms with van der Waals surface area (Å²) in [5, 5.41) is 3.17. The molecule has 1 atom stereocenters. The number of halogens is 2. The van der Waals surface area contributed by atoms with Crippen LogP contribution in [-0.2, 0) is 14.8 Å². The second-order valence-corrected chi connectivity index (χ2v) is 8.74. The molecule has 5 nitrogen and oxygen atoms in total. The topological polar surface area (TPSA) is 66.5 Å². The van der Waals surface area contributed by atoms with Crippen LogP contribution in [0.4, 0.5) is 0 Å². The molecule has 1 aliphatic heterocycles. The summed E-state index contributed by atoms with van der Waals surface area (Å²) >= 11 is 12.1. The largest absolute Gasteiger partial charge is 0.353 e. The van der Waals surface area contributed by atoms with E-state index in [1.54, 1.807) is 6.07 Å². The number of rotatable bonds is 5. The molecule has 1 aromatic carbocycles. The molecule has 1 aromatic rings. The summed E-state index contributed by atoms with van der Waals surface area (Å²) in [6, 6.07) is 4.75. The number of sulfonamides is 1. The molecule has 1 amide bonds. The molecule has 1 unspecified atom stereocenters. The van der Waals surface area contributed by atoms with Crippen LogP contribution in [0.25, 0.3) is 0 Å². The molecule has 2 rings (SSSR count). The Hall–Kier alpha value is -0.820. The highest BCUT2D eigenvalue weighted by Crippen LogP contribution is 2.33. The maximum Gasteiger partial charge on any atom is 0.246 e. The van der Waals surface area contributed by atoms with Crippen LogP contribution < -0.4 is 5.32 Å². The number of benzene rings is 1. The van der Waals surface area contributed by atoms with Gasteiger partial charge in [-0.15, -0.1) is 0 Å². The number of carbonyl (C=O) groups is 1. The van der Waals surface area contributed by atoms with Crippen molar-refractivity contribution in [3.05, 3.63) is 28.2 Å². The molecule has 0 radical (unpaired) electrons. The first kappa shape index (κ1) is 19.5. The van der Waals surface area contributed by atoms with Crippen molar-refractivity contribution in [3.63, 3.8) is 0 Å². The zero-order valence-corrected chi connectivity index (χ0v) is 16.1. The van der Waals surface area contributed by atoms with Crippen molar-refractivity contribution in [2.24, 2.45) is 5.92 Å². The van der Waals surface area contributed by atoms with Gasteiger partial charge in [0, 0.05) is 25.0 Å². The number of hydrogen-bond acceptors (Lipinski definition) is 3. The van der Waals surface area contributed by atoms with Gasteiger partial charge in [0.15, 0.2) is 0 Å². The molecule has 1 aliphatic rings. The second kappa shape index (κ2) is 8.04. The molecule has 0 spiro atoms. The van der Waals surface area contributed by atoms with Crippen molar-refractivity contribution in [1.82, 2.24) is 9.62 Å². The van der Waals surface area contributed by atoms with E-state index in [2.05, 4.69) is 5.32 Å². The minimum Gasteiger partial charge on any atom is -0.353 e. The van der Waals surface area contributed by atoms with E-state index in [9.17, 15) is 13.2 Å². The van der Waals surface area contributed by atoms with Crippen LogP contribution in [-0.4, -0.2) is 37.8 Å². The third kappa shape index (κ3) is 4.23. The van der Waals surface area contributed by atoms with Crippen molar-refractivity contribution in [2.45, 2.75) is 44.0 Å². The van der Waals surface area contributed by atoms with Crippen LogP contribution >= 0.6 is 23.2 Å². The van der Waals surface area contributed by atoms with Gasteiger partial charge in [-0.05, 0) is 38.3 Å². The molecule has 1 N–H and O–H groups in total. The maximum absolute atomic E-state index is 12.8. The maximum atomic E-state index is 12.8. The third-order valence-electron chi connectivity index (χ3n) is 4.34. The zero-order chi connectivity index (χ0) is 17.9. The fraction of sp³-hybridized carbons (Fsp3) is 0.562. The van der Waals surface area contributed by atoms with Gasteiger partial charge in [0.25, 0.3) is 0 Å². The molecular formula is C16H22Cl2N2O3S. The summed E-state index contributed by atoms with van der Waals surface area (Å²) in [6.45, 7) is 4.52. The number of amides is 1. The van der Waals surface area contributed by atoms with Gasteiger partial charge in [0.1, 0.15) is 4.90 Å². The van der Waals surface area contributed by atoms with Gasteiger partial charge < -0.3 is 5.32 Å². The average Bonchev–Trinajstić information content (AvgIpc) is 2.54.